The van der Waals surface area contributed by atoms with Crippen LogP contribution in [-0.4, -0.2) is 24.7 Å². The molecule has 5 nitrogen and oxygen atoms in total. The summed E-state index contributed by atoms with van der Waals surface area (Å²) in [4.78, 5) is 14.9. The van der Waals surface area contributed by atoms with E-state index in [1.165, 1.54) is 13.2 Å². The van der Waals surface area contributed by atoms with E-state index in [-0.39, 0.29) is 30.2 Å². The highest BCUT2D eigenvalue weighted by Gasteiger charge is 2.20. The van der Waals surface area contributed by atoms with Crippen molar-refractivity contribution in [2.75, 3.05) is 19.5 Å². The van der Waals surface area contributed by atoms with Crippen LogP contribution in [0.4, 0.5) is 14.5 Å². The zero-order valence-corrected chi connectivity index (χ0v) is 10.1. The molecule has 0 fully saturated rings. The van der Waals surface area contributed by atoms with Gasteiger partial charge in [-0.1, -0.05) is 0 Å². The van der Waals surface area contributed by atoms with Gasteiger partial charge < -0.3 is 15.2 Å². The third kappa shape index (κ3) is 3.28. The van der Waals surface area contributed by atoms with Crippen LogP contribution in [0.15, 0.2) is 6.07 Å². The van der Waals surface area contributed by atoms with Gasteiger partial charge in [-0.05, 0) is 13.0 Å². The Morgan fingerprint density at radius 1 is 1.56 bits per heavy atom. The number of hydrogen-bond acceptors (Lipinski definition) is 5. The zero-order valence-electron chi connectivity index (χ0n) is 10.1. The van der Waals surface area contributed by atoms with Crippen LogP contribution in [0.5, 0.6) is 5.75 Å². The summed E-state index contributed by atoms with van der Waals surface area (Å²) >= 11 is 0. The molecule has 1 aromatic rings. The van der Waals surface area contributed by atoms with Gasteiger partial charge in [-0.15, -0.1) is 0 Å². The topological polar surface area (TPSA) is 74.4 Å². The Labute approximate surface area is 103 Å². The number of nitrogen functional groups attached to an aromatic ring is 1. The van der Waals surface area contributed by atoms with Crippen molar-refractivity contribution in [3.63, 3.8) is 0 Å². The molecule has 0 spiro atoms. The van der Waals surface area contributed by atoms with E-state index >= 15 is 0 Å². The Kier molecular flexibility index (Phi) is 4.82. The van der Waals surface area contributed by atoms with Gasteiger partial charge in [0.1, 0.15) is 0 Å². The molecule has 0 atom stereocenters. The summed E-state index contributed by atoms with van der Waals surface area (Å²) in [7, 11) is 1.23. The monoisotopic (exact) mass is 260 g/mol. The molecule has 100 valence electrons. The van der Waals surface area contributed by atoms with Gasteiger partial charge in [0.2, 0.25) is 0 Å². The van der Waals surface area contributed by atoms with Crippen molar-refractivity contribution in [3.8, 4) is 5.75 Å². The summed E-state index contributed by atoms with van der Waals surface area (Å²) in [6.45, 7) is 1.87. The highest BCUT2D eigenvalue weighted by molar-refractivity contribution is 5.72. The van der Waals surface area contributed by atoms with Crippen molar-refractivity contribution in [1.82, 2.24) is 4.98 Å². The molecule has 0 aliphatic carbocycles. The van der Waals surface area contributed by atoms with Gasteiger partial charge in [0.05, 0.1) is 31.5 Å². The van der Waals surface area contributed by atoms with Gasteiger partial charge in [-0.2, -0.15) is 0 Å². The Hall–Kier alpha value is -1.92. The van der Waals surface area contributed by atoms with Crippen molar-refractivity contribution >= 4 is 11.7 Å². The van der Waals surface area contributed by atoms with E-state index in [4.69, 9.17) is 15.2 Å². The molecule has 0 aromatic carbocycles. The average molecular weight is 260 g/mol. The second-order valence-electron chi connectivity index (χ2n) is 3.40. The van der Waals surface area contributed by atoms with E-state index < -0.39 is 18.1 Å². The third-order valence-electron chi connectivity index (χ3n) is 2.12. The Balaban J connectivity index is 3.05. The summed E-state index contributed by atoms with van der Waals surface area (Å²) in [5.74, 6) is -0.715. The van der Waals surface area contributed by atoms with Crippen molar-refractivity contribution in [1.29, 1.82) is 0 Å². The molecule has 2 N–H and O–H groups in total. The number of hydrogen-bond donors (Lipinski definition) is 1. The molecule has 0 radical (unpaired) electrons. The van der Waals surface area contributed by atoms with Gasteiger partial charge in [0, 0.05) is 0 Å². The fraction of sp³-hybridized carbons (Fsp3) is 0.455. The van der Waals surface area contributed by atoms with Crippen LogP contribution < -0.4 is 10.5 Å². The number of carbonyl (C=O) groups excluding carboxylic acids is 1. The standard InChI is InChI=1S/C11H14F2N2O3/c1-3-18-8(16)5-6-4-7(14)10(17-2)9(15-6)11(12)13/h4,11H,3,5H2,1-2H3,(H2,14,15). The molecule has 1 rings (SSSR count). The fourth-order valence-corrected chi connectivity index (χ4v) is 1.45. The molecular weight excluding hydrogens is 246 g/mol. The third-order valence-corrected chi connectivity index (χ3v) is 2.12. The number of pyridine rings is 1. The minimum atomic E-state index is -2.83. The lowest BCUT2D eigenvalue weighted by atomic mass is 10.2. The molecule has 0 saturated heterocycles. The minimum absolute atomic E-state index is 0.0158. The van der Waals surface area contributed by atoms with Crippen molar-refractivity contribution < 1.29 is 23.0 Å². The van der Waals surface area contributed by atoms with Crippen LogP contribution in [-0.2, 0) is 16.0 Å². The molecule has 0 saturated carbocycles. The van der Waals surface area contributed by atoms with Crippen molar-refractivity contribution in [2.45, 2.75) is 19.8 Å². The first-order chi connectivity index (χ1) is 8.49. The lowest BCUT2D eigenvalue weighted by Crippen LogP contribution is -2.11. The van der Waals surface area contributed by atoms with Gasteiger partial charge in [-0.25, -0.2) is 13.8 Å². The smallest absolute Gasteiger partial charge is 0.311 e. The number of rotatable bonds is 5. The predicted octanol–water partition coefficient (Wildman–Crippen LogP) is 1.72. The molecule has 0 amide bonds. The van der Waals surface area contributed by atoms with Crippen LogP contribution in [0.2, 0.25) is 0 Å². The quantitative estimate of drug-likeness (QED) is 0.816. The van der Waals surface area contributed by atoms with Crippen LogP contribution >= 0.6 is 0 Å². The number of anilines is 1. The first-order valence-corrected chi connectivity index (χ1v) is 5.26. The summed E-state index contributed by atoms with van der Waals surface area (Å²) in [6, 6.07) is 1.32. The second-order valence-corrected chi connectivity index (χ2v) is 3.40. The van der Waals surface area contributed by atoms with E-state index in [0.717, 1.165) is 0 Å². The summed E-state index contributed by atoms with van der Waals surface area (Å²) in [6.07, 6.45) is -3.04. The van der Waals surface area contributed by atoms with Crippen LogP contribution in [0.25, 0.3) is 0 Å². The number of nitrogens with two attached hydrogens (primary N) is 1. The number of alkyl halides is 2. The SMILES string of the molecule is CCOC(=O)Cc1cc(N)c(OC)c(C(F)F)n1. The van der Waals surface area contributed by atoms with Crippen molar-refractivity contribution in [2.24, 2.45) is 0 Å². The normalized spacial score (nSPS) is 10.5. The lowest BCUT2D eigenvalue weighted by Gasteiger charge is -2.11. The minimum Gasteiger partial charge on any atom is -0.492 e. The van der Waals surface area contributed by atoms with E-state index in [1.54, 1.807) is 6.92 Å². The average Bonchev–Trinajstić information content (AvgIpc) is 2.28. The Morgan fingerprint density at radius 2 is 2.22 bits per heavy atom. The Morgan fingerprint density at radius 3 is 2.72 bits per heavy atom. The van der Waals surface area contributed by atoms with Crippen LogP contribution in [0.3, 0.4) is 0 Å². The van der Waals surface area contributed by atoms with Crippen LogP contribution in [0.1, 0.15) is 24.7 Å². The van der Waals surface area contributed by atoms with Gasteiger partial charge in [-0.3, -0.25) is 4.79 Å². The number of halogens is 2. The van der Waals surface area contributed by atoms with E-state index in [0.29, 0.717) is 0 Å². The molecule has 0 unspecified atom stereocenters. The van der Waals surface area contributed by atoms with Crippen LogP contribution in [0, 0.1) is 0 Å². The highest BCUT2D eigenvalue weighted by atomic mass is 19.3. The number of esters is 1. The summed E-state index contributed by atoms with van der Waals surface area (Å²) < 4.78 is 35.0. The summed E-state index contributed by atoms with van der Waals surface area (Å²) in [5, 5.41) is 0. The van der Waals surface area contributed by atoms with Gasteiger partial charge in [0.15, 0.2) is 11.4 Å². The second kappa shape index (κ2) is 6.13. The number of ether oxygens (including phenoxy) is 2. The number of carbonyl (C=O) groups is 1. The predicted molar refractivity (Wildman–Crippen MR) is 60.5 cm³/mol. The molecule has 0 aliphatic heterocycles. The molecule has 1 aromatic heterocycles. The van der Waals surface area contributed by atoms with E-state index in [9.17, 15) is 13.6 Å². The largest absolute Gasteiger partial charge is 0.492 e. The lowest BCUT2D eigenvalue weighted by molar-refractivity contribution is -0.142. The maximum absolute atomic E-state index is 12.7. The molecule has 0 bridgehead atoms. The number of nitrogens with zero attached hydrogens (tertiary/aromatic N) is 1. The molecular formula is C11H14F2N2O3. The highest BCUT2D eigenvalue weighted by Crippen LogP contribution is 2.32. The van der Waals surface area contributed by atoms with E-state index in [2.05, 4.69) is 4.98 Å². The number of methoxy groups -OCH3 is 1. The molecule has 7 heteroatoms. The number of aromatic nitrogens is 1. The molecule has 18 heavy (non-hydrogen) atoms. The Bertz CT molecular complexity index is 439. The molecule has 1 heterocycles. The van der Waals surface area contributed by atoms with Gasteiger partial charge in [0.25, 0.3) is 6.43 Å². The summed E-state index contributed by atoms with van der Waals surface area (Å²) in [5.41, 5.74) is 5.14. The fourth-order valence-electron chi connectivity index (χ4n) is 1.45. The maximum Gasteiger partial charge on any atom is 0.311 e. The van der Waals surface area contributed by atoms with Gasteiger partial charge >= 0.3 is 5.97 Å². The van der Waals surface area contributed by atoms with Crippen molar-refractivity contribution in [3.05, 3.63) is 17.5 Å². The zero-order chi connectivity index (χ0) is 13.7. The molecule has 0 aliphatic rings. The maximum atomic E-state index is 12.7. The first-order valence-electron chi connectivity index (χ1n) is 5.26. The van der Waals surface area contributed by atoms with E-state index in [1.807, 2.05) is 0 Å². The first kappa shape index (κ1) is 14.1.